The molecule has 0 radical (unpaired) electrons. The Morgan fingerprint density at radius 1 is 0.532 bits per heavy atom. The standard InChI is InChI=1S/C44H32N2S/c1-44(2)38-16-6-3-12-33(38)34-25-24-32(27-39(34)44)46(31-22-20-29(21-23-31)30-11-10-26-45-28-30)40-17-7-4-13-35(40)36-15-9-19-42-43(36)37-14-5-8-18-41(37)47-42/h3-28H,1-2H3. The highest BCUT2D eigenvalue weighted by Gasteiger charge is 2.36. The van der Waals surface area contributed by atoms with Gasteiger partial charge in [-0.15, -0.1) is 11.3 Å². The number of hydrogen-bond acceptors (Lipinski definition) is 3. The van der Waals surface area contributed by atoms with Crippen molar-refractivity contribution in [2.24, 2.45) is 0 Å². The van der Waals surface area contributed by atoms with Crippen LogP contribution in [-0.2, 0) is 5.41 Å². The molecule has 0 saturated carbocycles. The summed E-state index contributed by atoms with van der Waals surface area (Å²) in [4.78, 5) is 6.79. The second kappa shape index (κ2) is 10.8. The van der Waals surface area contributed by atoms with Crippen LogP contribution in [0.4, 0.5) is 17.1 Å². The van der Waals surface area contributed by atoms with Gasteiger partial charge in [-0.3, -0.25) is 4.98 Å². The molecule has 2 heterocycles. The van der Waals surface area contributed by atoms with Gasteiger partial charge in [0.15, 0.2) is 0 Å². The molecule has 0 bridgehead atoms. The Balaban J connectivity index is 1.27. The van der Waals surface area contributed by atoms with Gasteiger partial charge in [0.2, 0.25) is 0 Å². The minimum absolute atomic E-state index is 0.0987. The molecule has 3 heteroatoms. The third-order valence-corrected chi connectivity index (χ3v) is 10.9. The maximum absolute atomic E-state index is 4.36. The van der Waals surface area contributed by atoms with E-state index < -0.39 is 0 Å². The average Bonchev–Trinajstić information content (AvgIpc) is 3.62. The summed E-state index contributed by atoms with van der Waals surface area (Å²) in [6, 6.07) is 53.3. The number of aromatic nitrogens is 1. The number of hydrogen-bond donors (Lipinski definition) is 0. The molecule has 0 atom stereocenters. The molecule has 0 aliphatic heterocycles. The van der Waals surface area contributed by atoms with E-state index in [-0.39, 0.29) is 5.41 Å². The zero-order chi connectivity index (χ0) is 31.5. The highest BCUT2D eigenvalue weighted by Crippen LogP contribution is 2.52. The molecule has 6 aromatic carbocycles. The normalized spacial score (nSPS) is 13.1. The van der Waals surface area contributed by atoms with E-state index >= 15 is 0 Å². The summed E-state index contributed by atoms with van der Waals surface area (Å²) in [5.41, 5.74) is 13.4. The molecule has 2 nitrogen and oxygen atoms in total. The van der Waals surface area contributed by atoms with Crippen LogP contribution in [-0.4, -0.2) is 4.98 Å². The molecular formula is C44H32N2S. The SMILES string of the molecule is CC1(C)c2ccccc2-c2ccc(N(c3ccc(-c4cccnc4)cc3)c3ccccc3-c3cccc4sc5ccccc5c34)cc21. The number of para-hydroxylation sites is 1. The first-order valence-electron chi connectivity index (χ1n) is 16.1. The van der Waals surface area contributed by atoms with Crippen molar-refractivity contribution >= 4 is 48.6 Å². The molecular weight excluding hydrogens is 589 g/mol. The zero-order valence-corrected chi connectivity index (χ0v) is 27.1. The van der Waals surface area contributed by atoms with Gasteiger partial charge in [0, 0.05) is 54.9 Å². The van der Waals surface area contributed by atoms with E-state index in [1.807, 2.05) is 29.8 Å². The summed E-state index contributed by atoms with van der Waals surface area (Å²) in [5, 5.41) is 2.63. The summed E-state index contributed by atoms with van der Waals surface area (Å²) < 4.78 is 2.62. The van der Waals surface area contributed by atoms with Crippen molar-refractivity contribution in [2.75, 3.05) is 4.90 Å². The molecule has 0 unspecified atom stereocenters. The van der Waals surface area contributed by atoms with Gasteiger partial charge in [0.05, 0.1) is 5.69 Å². The summed E-state index contributed by atoms with van der Waals surface area (Å²) in [6.07, 6.45) is 3.75. The van der Waals surface area contributed by atoms with Crippen molar-refractivity contribution in [1.29, 1.82) is 0 Å². The smallest absolute Gasteiger partial charge is 0.0540 e. The molecule has 224 valence electrons. The van der Waals surface area contributed by atoms with E-state index in [9.17, 15) is 0 Å². The number of fused-ring (bicyclic) bond motifs is 6. The molecule has 0 fully saturated rings. The lowest BCUT2D eigenvalue weighted by molar-refractivity contribution is 0.660. The topological polar surface area (TPSA) is 16.1 Å². The van der Waals surface area contributed by atoms with Gasteiger partial charge in [-0.05, 0) is 87.5 Å². The van der Waals surface area contributed by atoms with Crippen LogP contribution in [0.3, 0.4) is 0 Å². The predicted molar refractivity (Wildman–Crippen MR) is 200 cm³/mol. The predicted octanol–water partition coefficient (Wildman–Crippen LogP) is 12.6. The van der Waals surface area contributed by atoms with Gasteiger partial charge < -0.3 is 4.90 Å². The Morgan fingerprint density at radius 2 is 1.23 bits per heavy atom. The number of anilines is 3. The highest BCUT2D eigenvalue weighted by molar-refractivity contribution is 7.25. The van der Waals surface area contributed by atoms with Gasteiger partial charge in [0.1, 0.15) is 0 Å². The van der Waals surface area contributed by atoms with Crippen molar-refractivity contribution in [2.45, 2.75) is 19.3 Å². The van der Waals surface area contributed by atoms with Crippen LogP contribution in [0, 0.1) is 0 Å². The van der Waals surface area contributed by atoms with Gasteiger partial charge in [-0.2, -0.15) is 0 Å². The van der Waals surface area contributed by atoms with Gasteiger partial charge in [-0.1, -0.05) is 111 Å². The van der Waals surface area contributed by atoms with Crippen molar-refractivity contribution in [3.8, 4) is 33.4 Å². The molecule has 0 N–H and O–H groups in total. The summed E-state index contributed by atoms with van der Waals surface area (Å²) in [7, 11) is 0. The van der Waals surface area contributed by atoms with E-state index in [1.165, 1.54) is 53.6 Å². The van der Waals surface area contributed by atoms with E-state index in [0.29, 0.717) is 0 Å². The summed E-state index contributed by atoms with van der Waals surface area (Å²) in [6.45, 7) is 4.70. The molecule has 47 heavy (non-hydrogen) atoms. The van der Waals surface area contributed by atoms with E-state index in [2.05, 4.69) is 163 Å². The van der Waals surface area contributed by atoms with Crippen molar-refractivity contribution < 1.29 is 0 Å². The maximum Gasteiger partial charge on any atom is 0.0540 e. The molecule has 0 spiro atoms. The minimum Gasteiger partial charge on any atom is -0.310 e. The van der Waals surface area contributed by atoms with Gasteiger partial charge in [-0.25, -0.2) is 0 Å². The Labute approximate surface area is 279 Å². The van der Waals surface area contributed by atoms with Crippen LogP contribution in [0.25, 0.3) is 53.6 Å². The number of pyridine rings is 1. The zero-order valence-electron chi connectivity index (χ0n) is 26.3. The lowest BCUT2D eigenvalue weighted by Gasteiger charge is -2.30. The van der Waals surface area contributed by atoms with Crippen LogP contribution >= 0.6 is 11.3 Å². The second-order valence-electron chi connectivity index (χ2n) is 12.8. The summed E-state index contributed by atoms with van der Waals surface area (Å²) in [5.74, 6) is 0. The molecule has 0 amide bonds. The fourth-order valence-electron chi connectivity index (χ4n) is 7.49. The molecule has 1 aliphatic rings. The van der Waals surface area contributed by atoms with Crippen molar-refractivity contribution in [3.05, 3.63) is 169 Å². The van der Waals surface area contributed by atoms with E-state index in [4.69, 9.17) is 0 Å². The lowest BCUT2D eigenvalue weighted by atomic mass is 9.82. The lowest BCUT2D eigenvalue weighted by Crippen LogP contribution is -2.16. The monoisotopic (exact) mass is 620 g/mol. The fourth-order valence-corrected chi connectivity index (χ4v) is 8.62. The summed E-state index contributed by atoms with van der Waals surface area (Å²) >= 11 is 1.87. The number of nitrogens with zero attached hydrogens (tertiary/aromatic N) is 2. The maximum atomic E-state index is 4.36. The van der Waals surface area contributed by atoms with Gasteiger partial charge in [0.25, 0.3) is 0 Å². The number of thiophene rings is 1. The molecule has 0 saturated heterocycles. The molecule has 1 aliphatic carbocycles. The highest BCUT2D eigenvalue weighted by atomic mass is 32.1. The van der Waals surface area contributed by atoms with E-state index in [1.54, 1.807) is 0 Å². The quantitative estimate of drug-likeness (QED) is 0.190. The molecule has 2 aromatic heterocycles. The van der Waals surface area contributed by atoms with Crippen LogP contribution in [0.15, 0.2) is 158 Å². The Morgan fingerprint density at radius 3 is 2.09 bits per heavy atom. The molecule has 9 rings (SSSR count). The third-order valence-electron chi connectivity index (χ3n) is 9.78. The van der Waals surface area contributed by atoms with Crippen LogP contribution in [0.5, 0.6) is 0 Å². The van der Waals surface area contributed by atoms with Crippen LogP contribution < -0.4 is 4.90 Å². The minimum atomic E-state index is -0.0987. The van der Waals surface area contributed by atoms with Gasteiger partial charge >= 0.3 is 0 Å². The van der Waals surface area contributed by atoms with Crippen molar-refractivity contribution in [3.63, 3.8) is 0 Å². The Hall–Kier alpha value is -5.51. The number of rotatable bonds is 5. The third kappa shape index (κ3) is 4.42. The first-order valence-corrected chi connectivity index (χ1v) is 16.9. The van der Waals surface area contributed by atoms with Crippen molar-refractivity contribution in [1.82, 2.24) is 4.98 Å². The largest absolute Gasteiger partial charge is 0.310 e. The number of benzene rings is 6. The van der Waals surface area contributed by atoms with E-state index in [0.717, 1.165) is 28.2 Å². The first kappa shape index (κ1) is 27.8. The Kier molecular flexibility index (Phi) is 6.38. The fraction of sp³-hybridized carbons (Fsp3) is 0.0682. The second-order valence-corrected chi connectivity index (χ2v) is 13.9. The van der Waals surface area contributed by atoms with Crippen LogP contribution in [0.1, 0.15) is 25.0 Å². The average molecular weight is 621 g/mol. The molecule has 8 aromatic rings. The first-order chi connectivity index (χ1) is 23.1. The Bertz CT molecular complexity index is 2440. The van der Waals surface area contributed by atoms with Crippen LogP contribution in [0.2, 0.25) is 0 Å².